The van der Waals surface area contributed by atoms with E-state index in [1.54, 1.807) is 11.3 Å². The zero-order chi connectivity index (χ0) is 9.26. The van der Waals surface area contributed by atoms with Crippen molar-refractivity contribution in [1.82, 2.24) is 5.32 Å². The van der Waals surface area contributed by atoms with Crippen LogP contribution in [0.15, 0.2) is 12.1 Å². The lowest BCUT2D eigenvalue weighted by molar-refractivity contribution is 0.315. The molecule has 1 aliphatic rings. The maximum absolute atomic E-state index is 5.88. The third-order valence-electron chi connectivity index (χ3n) is 2.61. The van der Waals surface area contributed by atoms with Crippen molar-refractivity contribution in [3.63, 3.8) is 0 Å². The molecule has 13 heavy (non-hydrogen) atoms. The molecule has 1 heterocycles. The first-order valence-electron chi connectivity index (χ1n) is 4.77. The molecule has 1 saturated carbocycles. The molecule has 1 aliphatic carbocycles. The predicted octanol–water partition coefficient (Wildman–Crippen LogP) is 3.60. The van der Waals surface area contributed by atoms with E-state index in [0.29, 0.717) is 6.04 Å². The van der Waals surface area contributed by atoms with Crippen molar-refractivity contribution in [1.29, 1.82) is 0 Å². The third kappa shape index (κ3) is 2.25. The van der Waals surface area contributed by atoms with Gasteiger partial charge < -0.3 is 5.32 Å². The van der Waals surface area contributed by atoms with Crippen LogP contribution in [0, 0.1) is 0 Å². The van der Waals surface area contributed by atoms with Crippen molar-refractivity contribution >= 4 is 22.9 Å². The molecule has 3 heteroatoms. The summed E-state index contributed by atoms with van der Waals surface area (Å²) < 4.78 is 0.886. The quantitative estimate of drug-likeness (QED) is 0.813. The van der Waals surface area contributed by atoms with Crippen LogP contribution in [0.25, 0.3) is 0 Å². The highest BCUT2D eigenvalue weighted by atomic mass is 35.5. The van der Waals surface area contributed by atoms with Crippen molar-refractivity contribution in [3.05, 3.63) is 21.3 Å². The Kier molecular flexibility index (Phi) is 2.92. The Morgan fingerprint density at radius 1 is 1.54 bits per heavy atom. The van der Waals surface area contributed by atoms with Crippen LogP contribution in [0.4, 0.5) is 0 Å². The van der Waals surface area contributed by atoms with Crippen LogP contribution in [-0.2, 0) is 0 Å². The maximum Gasteiger partial charge on any atom is 0.0931 e. The van der Waals surface area contributed by atoms with Gasteiger partial charge in [0.25, 0.3) is 0 Å². The van der Waals surface area contributed by atoms with E-state index in [1.165, 1.54) is 24.1 Å². The summed E-state index contributed by atoms with van der Waals surface area (Å²) >= 11 is 7.55. The number of rotatable bonds is 3. The molecule has 0 amide bonds. The molecule has 1 aromatic rings. The van der Waals surface area contributed by atoms with E-state index in [2.05, 4.69) is 18.3 Å². The minimum Gasteiger partial charge on any atom is -0.307 e. The van der Waals surface area contributed by atoms with Crippen molar-refractivity contribution in [2.75, 3.05) is 0 Å². The van der Waals surface area contributed by atoms with E-state index in [0.717, 1.165) is 10.4 Å². The summed E-state index contributed by atoms with van der Waals surface area (Å²) in [7, 11) is 0. The first kappa shape index (κ1) is 9.50. The summed E-state index contributed by atoms with van der Waals surface area (Å²) in [6, 6.07) is 5.29. The van der Waals surface area contributed by atoms with E-state index in [9.17, 15) is 0 Å². The van der Waals surface area contributed by atoms with Gasteiger partial charge in [0.2, 0.25) is 0 Å². The fourth-order valence-corrected chi connectivity index (χ4v) is 2.64. The molecule has 72 valence electrons. The van der Waals surface area contributed by atoms with E-state index in [4.69, 9.17) is 11.6 Å². The molecule has 0 aromatic carbocycles. The Morgan fingerprint density at radius 3 is 2.77 bits per heavy atom. The fourth-order valence-electron chi connectivity index (χ4n) is 1.57. The highest BCUT2D eigenvalue weighted by Crippen LogP contribution is 2.29. The average molecular weight is 216 g/mol. The highest BCUT2D eigenvalue weighted by molar-refractivity contribution is 7.16. The molecular weight excluding hydrogens is 202 g/mol. The van der Waals surface area contributed by atoms with Gasteiger partial charge in [-0.25, -0.2) is 0 Å². The second-order valence-corrected chi connectivity index (χ2v) is 5.40. The van der Waals surface area contributed by atoms with Crippen LogP contribution in [0.3, 0.4) is 0 Å². The summed E-state index contributed by atoms with van der Waals surface area (Å²) in [4.78, 5) is 1.34. The lowest BCUT2D eigenvalue weighted by Gasteiger charge is -2.29. The average Bonchev–Trinajstić information content (AvgIpc) is 2.44. The van der Waals surface area contributed by atoms with Gasteiger partial charge in [0.1, 0.15) is 0 Å². The first-order valence-corrected chi connectivity index (χ1v) is 5.96. The highest BCUT2D eigenvalue weighted by Gasteiger charge is 2.20. The molecule has 0 bridgehead atoms. The van der Waals surface area contributed by atoms with Gasteiger partial charge in [-0.3, -0.25) is 0 Å². The monoisotopic (exact) mass is 215 g/mol. The summed E-state index contributed by atoms with van der Waals surface area (Å²) in [5.74, 6) is 0. The SMILES string of the molecule is C[C@H](NC1CCC1)c1ccc(Cl)s1. The van der Waals surface area contributed by atoms with Crippen molar-refractivity contribution in [3.8, 4) is 0 Å². The largest absolute Gasteiger partial charge is 0.307 e. The van der Waals surface area contributed by atoms with Gasteiger partial charge in [0.15, 0.2) is 0 Å². The van der Waals surface area contributed by atoms with Crippen LogP contribution in [-0.4, -0.2) is 6.04 Å². The standard InChI is InChI=1S/C10H14ClNS/c1-7(12-8-3-2-4-8)9-5-6-10(11)13-9/h5-8,12H,2-4H2,1H3/t7-/m0/s1. The minimum atomic E-state index is 0.461. The molecule has 1 atom stereocenters. The zero-order valence-corrected chi connectivity index (χ0v) is 9.29. The van der Waals surface area contributed by atoms with Crippen molar-refractivity contribution in [2.45, 2.75) is 38.3 Å². The van der Waals surface area contributed by atoms with Gasteiger partial charge in [0.05, 0.1) is 4.34 Å². The van der Waals surface area contributed by atoms with Crippen LogP contribution in [0.2, 0.25) is 4.34 Å². The number of nitrogens with one attached hydrogen (secondary N) is 1. The number of hydrogen-bond acceptors (Lipinski definition) is 2. The Hall–Kier alpha value is -0.0500. The molecule has 0 aliphatic heterocycles. The summed E-state index contributed by atoms with van der Waals surface area (Å²) in [6.07, 6.45) is 4.06. The van der Waals surface area contributed by atoms with E-state index in [1.807, 2.05) is 6.07 Å². The summed E-state index contributed by atoms with van der Waals surface area (Å²) in [5, 5.41) is 3.60. The number of halogens is 1. The Labute approximate surface area is 88.1 Å². The van der Waals surface area contributed by atoms with Crippen LogP contribution < -0.4 is 5.32 Å². The maximum atomic E-state index is 5.88. The normalized spacial score (nSPS) is 19.8. The Balaban J connectivity index is 1.92. The van der Waals surface area contributed by atoms with Crippen molar-refractivity contribution in [2.24, 2.45) is 0 Å². The molecule has 1 N–H and O–H groups in total. The summed E-state index contributed by atoms with van der Waals surface area (Å²) in [5.41, 5.74) is 0. The lowest BCUT2D eigenvalue weighted by atomic mass is 9.92. The molecule has 1 aromatic heterocycles. The van der Waals surface area contributed by atoms with Crippen LogP contribution in [0.5, 0.6) is 0 Å². The van der Waals surface area contributed by atoms with Gasteiger partial charge in [-0.05, 0) is 31.9 Å². The fraction of sp³-hybridized carbons (Fsp3) is 0.600. The third-order valence-corrected chi connectivity index (χ3v) is 4.03. The van der Waals surface area contributed by atoms with Crippen molar-refractivity contribution < 1.29 is 0 Å². The lowest BCUT2D eigenvalue weighted by Crippen LogP contribution is -2.36. The van der Waals surface area contributed by atoms with Gasteiger partial charge in [-0.1, -0.05) is 18.0 Å². The summed E-state index contributed by atoms with van der Waals surface area (Å²) in [6.45, 7) is 2.21. The van der Waals surface area contributed by atoms with Gasteiger partial charge in [-0.2, -0.15) is 0 Å². The predicted molar refractivity (Wildman–Crippen MR) is 58.5 cm³/mol. The second-order valence-electron chi connectivity index (χ2n) is 3.66. The molecule has 0 unspecified atom stereocenters. The molecule has 1 nitrogen and oxygen atoms in total. The first-order chi connectivity index (χ1) is 6.25. The van der Waals surface area contributed by atoms with Crippen LogP contribution >= 0.6 is 22.9 Å². The molecule has 0 saturated heterocycles. The van der Waals surface area contributed by atoms with E-state index < -0.39 is 0 Å². The number of thiophene rings is 1. The molecule has 1 fully saturated rings. The molecule has 0 radical (unpaired) electrons. The number of hydrogen-bond donors (Lipinski definition) is 1. The molecule has 0 spiro atoms. The minimum absolute atomic E-state index is 0.461. The topological polar surface area (TPSA) is 12.0 Å². The zero-order valence-electron chi connectivity index (χ0n) is 7.72. The Morgan fingerprint density at radius 2 is 2.31 bits per heavy atom. The van der Waals surface area contributed by atoms with Gasteiger partial charge in [-0.15, -0.1) is 11.3 Å². The van der Waals surface area contributed by atoms with Gasteiger partial charge >= 0.3 is 0 Å². The van der Waals surface area contributed by atoms with E-state index >= 15 is 0 Å². The van der Waals surface area contributed by atoms with E-state index in [-0.39, 0.29) is 0 Å². The molecule has 2 rings (SSSR count). The van der Waals surface area contributed by atoms with Gasteiger partial charge in [0, 0.05) is 17.0 Å². The Bertz CT molecular complexity index is 280. The van der Waals surface area contributed by atoms with Crippen LogP contribution in [0.1, 0.15) is 37.1 Å². The molecular formula is C10H14ClNS. The smallest absolute Gasteiger partial charge is 0.0931 e. The second kappa shape index (κ2) is 3.99.